The van der Waals surface area contributed by atoms with Crippen molar-refractivity contribution in [1.82, 2.24) is 20.2 Å². The lowest BCUT2D eigenvalue weighted by atomic mass is 10.3. The van der Waals surface area contributed by atoms with Gasteiger partial charge in [-0.05, 0) is 12.5 Å². The Morgan fingerprint density at radius 2 is 2.29 bits per heavy atom. The van der Waals surface area contributed by atoms with Crippen molar-refractivity contribution in [3.05, 3.63) is 30.4 Å². The SMILES string of the molecule is CCCNc1nc(N(C)Cc2ccoc2)c2cn[nH]c2n1. The van der Waals surface area contributed by atoms with E-state index in [1.807, 2.05) is 13.1 Å². The average molecular weight is 286 g/mol. The number of rotatable bonds is 6. The first-order valence-corrected chi connectivity index (χ1v) is 6.95. The maximum absolute atomic E-state index is 5.11. The predicted molar refractivity (Wildman–Crippen MR) is 81.3 cm³/mol. The lowest BCUT2D eigenvalue weighted by Crippen LogP contribution is -2.19. The number of aromatic nitrogens is 4. The van der Waals surface area contributed by atoms with Crippen LogP contribution >= 0.6 is 0 Å². The van der Waals surface area contributed by atoms with E-state index in [0.717, 1.165) is 35.4 Å². The summed E-state index contributed by atoms with van der Waals surface area (Å²) in [5, 5.41) is 11.1. The molecule has 3 aromatic heterocycles. The molecule has 0 aliphatic heterocycles. The molecule has 0 saturated carbocycles. The fourth-order valence-corrected chi connectivity index (χ4v) is 2.16. The van der Waals surface area contributed by atoms with Crippen LogP contribution in [0, 0.1) is 0 Å². The zero-order valence-corrected chi connectivity index (χ0v) is 12.1. The van der Waals surface area contributed by atoms with Gasteiger partial charge in [0.1, 0.15) is 5.82 Å². The molecule has 110 valence electrons. The zero-order chi connectivity index (χ0) is 14.7. The van der Waals surface area contributed by atoms with Crippen molar-refractivity contribution >= 4 is 22.8 Å². The molecule has 0 aliphatic carbocycles. The van der Waals surface area contributed by atoms with E-state index in [-0.39, 0.29) is 0 Å². The van der Waals surface area contributed by atoms with Gasteiger partial charge in [0.05, 0.1) is 24.1 Å². The molecule has 0 spiro atoms. The second-order valence-corrected chi connectivity index (χ2v) is 4.92. The van der Waals surface area contributed by atoms with Crippen LogP contribution in [0.15, 0.2) is 29.2 Å². The Kier molecular flexibility index (Phi) is 3.72. The smallest absolute Gasteiger partial charge is 0.226 e. The third-order valence-electron chi connectivity index (χ3n) is 3.18. The van der Waals surface area contributed by atoms with E-state index in [1.54, 1.807) is 18.7 Å². The summed E-state index contributed by atoms with van der Waals surface area (Å²) in [5.41, 5.74) is 1.83. The van der Waals surface area contributed by atoms with Crippen molar-refractivity contribution in [1.29, 1.82) is 0 Å². The molecule has 0 atom stereocenters. The number of H-pyrrole nitrogens is 1. The topological polar surface area (TPSA) is 82.9 Å². The minimum absolute atomic E-state index is 0.614. The first-order chi connectivity index (χ1) is 10.3. The molecule has 0 amide bonds. The van der Waals surface area contributed by atoms with Crippen molar-refractivity contribution in [2.75, 3.05) is 23.8 Å². The Morgan fingerprint density at radius 1 is 1.38 bits per heavy atom. The molecule has 0 saturated heterocycles. The molecule has 3 heterocycles. The second kappa shape index (κ2) is 5.82. The predicted octanol–water partition coefficient (Wildman–Crippen LogP) is 2.40. The maximum Gasteiger partial charge on any atom is 0.226 e. The van der Waals surface area contributed by atoms with E-state index in [0.29, 0.717) is 12.5 Å². The van der Waals surface area contributed by atoms with Gasteiger partial charge in [-0.2, -0.15) is 15.1 Å². The molecule has 0 aromatic carbocycles. The Morgan fingerprint density at radius 3 is 3.05 bits per heavy atom. The van der Waals surface area contributed by atoms with Gasteiger partial charge >= 0.3 is 0 Å². The maximum atomic E-state index is 5.11. The van der Waals surface area contributed by atoms with Crippen LogP contribution in [0.4, 0.5) is 11.8 Å². The monoisotopic (exact) mass is 286 g/mol. The van der Waals surface area contributed by atoms with Gasteiger partial charge in [-0.3, -0.25) is 5.10 Å². The van der Waals surface area contributed by atoms with E-state index < -0.39 is 0 Å². The van der Waals surface area contributed by atoms with Crippen molar-refractivity contribution in [2.24, 2.45) is 0 Å². The largest absolute Gasteiger partial charge is 0.472 e. The molecule has 7 heteroatoms. The molecule has 0 aliphatic rings. The van der Waals surface area contributed by atoms with Crippen LogP contribution < -0.4 is 10.2 Å². The first kappa shape index (κ1) is 13.4. The number of nitrogens with one attached hydrogen (secondary N) is 2. The molecule has 3 rings (SSSR count). The molecule has 0 bridgehead atoms. The summed E-state index contributed by atoms with van der Waals surface area (Å²) in [4.78, 5) is 11.1. The Bertz CT molecular complexity index is 705. The normalized spacial score (nSPS) is 11.0. The highest BCUT2D eigenvalue weighted by molar-refractivity contribution is 5.87. The number of furan rings is 1. The van der Waals surface area contributed by atoms with Gasteiger partial charge in [0, 0.05) is 25.7 Å². The molecule has 7 nitrogen and oxygen atoms in total. The second-order valence-electron chi connectivity index (χ2n) is 4.92. The molecule has 21 heavy (non-hydrogen) atoms. The van der Waals surface area contributed by atoms with Gasteiger partial charge in [-0.15, -0.1) is 0 Å². The van der Waals surface area contributed by atoms with Gasteiger partial charge in [0.25, 0.3) is 0 Å². The Hall–Kier alpha value is -2.57. The summed E-state index contributed by atoms with van der Waals surface area (Å²) < 4.78 is 5.11. The fourth-order valence-electron chi connectivity index (χ4n) is 2.16. The van der Waals surface area contributed by atoms with E-state index >= 15 is 0 Å². The fraction of sp³-hybridized carbons (Fsp3) is 0.357. The average Bonchev–Trinajstić information content (AvgIpc) is 3.14. The lowest BCUT2D eigenvalue weighted by Gasteiger charge is -2.18. The van der Waals surface area contributed by atoms with Crippen molar-refractivity contribution in [2.45, 2.75) is 19.9 Å². The number of nitrogens with zero attached hydrogens (tertiary/aromatic N) is 4. The van der Waals surface area contributed by atoms with E-state index in [1.165, 1.54) is 0 Å². The van der Waals surface area contributed by atoms with Gasteiger partial charge in [-0.1, -0.05) is 6.92 Å². The van der Waals surface area contributed by atoms with E-state index in [4.69, 9.17) is 4.42 Å². The van der Waals surface area contributed by atoms with Crippen LogP contribution in [-0.2, 0) is 6.54 Å². The quantitative estimate of drug-likeness (QED) is 0.724. The summed E-state index contributed by atoms with van der Waals surface area (Å²) >= 11 is 0. The number of anilines is 2. The minimum Gasteiger partial charge on any atom is -0.472 e. The van der Waals surface area contributed by atoms with E-state index in [2.05, 4.69) is 37.3 Å². The van der Waals surface area contributed by atoms with Gasteiger partial charge < -0.3 is 14.6 Å². The van der Waals surface area contributed by atoms with Gasteiger partial charge in [-0.25, -0.2) is 0 Å². The summed E-state index contributed by atoms with van der Waals surface area (Å²) in [7, 11) is 1.99. The molecule has 2 N–H and O–H groups in total. The number of hydrogen-bond donors (Lipinski definition) is 2. The molecule has 0 fully saturated rings. The van der Waals surface area contributed by atoms with Gasteiger partial charge in [0.15, 0.2) is 5.65 Å². The van der Waals surface area contributed by atoms with Gasteiger partial charge in [0.2, 0.25) is 5.95 Å². The number of hydrogen-bond acceptors (Lipinski definition) is 6. The summed E-state index contributed by atoms with van der Waals surface area (Å²) in [5.74, 6) is 1.45. The minimum atomic E-state index is 0.614. The van der Waals surface area contributed by atoms with Crippen LogP contribution in [0.3, 0.4) is 0 Å². The summed E-state index contributed by atoms with van der Waals surface area (Å²) in [6, 6.07) is 1.94. The van der Waals surface area contributed by atoms with Crippen LogP contribution in [0.25, 0.3) is 11.0 Å². The third kappa shape index (κ3) is 2.81. The highest BCUT2D eigenvalue weighted by atomic mass is 16.3. The van der Waals surface area contributed by atoms with Crippen molar-refractivity contribution < 1.29 is 4.42 Å². The Balaban J connectivity index is 1.93. The first-order valence-electron chi connectivity index (χ1n) is 6.95. The van der Waals surface area contributed by atoms with Crippen molar-refractivity contribution in [3.63, 3.8) is 0 Å². The Labute approximate surface area is 122 Å². The number of fused-ring (bicyclic) bond motifs is 1. The van der Waals surface area contributed by atoms with Crippen LogP contribution in [0.2, 0.25) is 0 Å². The highest BCUT2D eigenvalue weighted by Crippen LogP contribution is 2.24. The molecular formula is C14H18N6O. The molecular weight excluding hydrogens is 268 g/mol. The summed E-state index contributed by atoms with van der Waals surface area (Å²) in [6.07, 6.45) is 6.18. The number of aromatic amines is 1. The lowest BCUT2D eigenvalue weighted by molar-refractivity contribution is 0.563. The van der Waals surface area contributed by atoms with Crippen LogP contribution in [-0.4, -0.2) is 33.8 Å². The molecule has 3 aromatic rings. The van der Waals surface area contributed by atoms with Crippen molar-refractivity contribution in [3.8, 4) is 0 Å². The molecule has 0 unspecified atom stereocenters. The van der Waals surface area contributed by atoms with Crippen LogP contribution in [0.1, 0.15) is 18.9 Å². The van der Waals surface area contributed by atoms with Crippen LogP contribution in [0.5, 0.6) is 0 Å². The third-order valence-corrected chi connectivity index (χ3v) is 3.18. The highest BCUT2D eigenvalue weighted by Gasteiger charge is 2.13. The standard InChI is InChI=1S/C14H18N6O/c1-3-5-15-14-17-12-11(7-16-19-12)13(18-14)20(2)8-10-4-6-21-9-10/h4,6-7,9H,3,5,8H2,1-2H3,(H2,15,16,17,18,19). The summed E-state index contributed by atoms with van der Waals surface area (Å²) in [6.45, 7) is 3.65. The molecule has 0 radical (unpaired) electrons. The zero-order valence-electron chi connectivity index (χ0n) is 12.1. The van der Waals surface area contributed by atoms with E-state index in [9.17, 15) is 0 Å².